The van der Waals surface area contributed by atoms with Gasteiger partial charge in [0.25, 0.3) is 15.9 Å². The zero-order chi connectivity index (χ0) is 61.2. The number of sulfonamides is 2. The summed E-state index contributed by atoms with van der Waals surface area (Å²) in [4.78, 5) is 32.1. The minimum Gasteiger partial charge on any atom is -0.494 e. The highest BCUT2D eigenvalue weighted by Crippen LogP contribution is 2.49. The summed E-state index contributed by atoms with van der Waals surface area (Å²) < 4.78 is 76.5. The molecular formula is C62H80Cl2N8O11S2. The molecule has 4 saturated carbocycles. The molecule has 0 bridgehead atoms. The molecule has 2 aromatic carbocycles. The lowest BCUT2D eigenvalue weighted by atomic mass is 9.89. The van der Waals surface area contributed by atoms with Gasteiger partial charge >= 0.3 is 5.97 Å². The van der Waals surface area contributed by atoms with E-state index in [-0.39, 0.29) is 31.2 Å². The summed E-state index contributed by atoms with van der Waals surface area (Å²) >= 11 is 12.2. The monoisotopic (exact) mass is 1250 g/mol. The van der Waals surface area contributed by atoms with Crippen molar-refractivity contribution >= 4 is 55.1 Å². The third-order valence-corrected chi connectivity index (χ3v) is 19.3. The van der Waals surface area contributed by atoms with Crippen LogP contribution in [0, 0.1) is 33.5 Å². The van der Waals surface area contributed by atoms with Crippen LogP contribution in [0.1, 0.15) is 165 Å². The summed E-state index contributed by atoms with van der Waals surface area (Å²) in [6.45, 7) is 16.1. The minimum atomic E-state index is -4.18. The quantitative estimate of drug-likeness (QED) is 0.0356. The van der Waals surface area contributed by atoms with E-state index >= 15 is 0 Å². The van der Waals surface area contributed by atoms with E-state index in [0.29, 0.717) is 83.0 Å². The highest BCUT2D eigenvalue weighted by Gasteiger charge is 2.38. The van der Waals surface area contributed by atoms with Crippen molar-refractivity contribution in [3.05, 3.63) is 119 Å². The molecule has 2 unspecified atom stereocenters. The lowest BCUT2D eigenvalue weighted by Crippen LogP contribution is -2.31. The first-order valence-electron chi connectivity index (χ1n) is 29.1. The molecule has 460 valence electrons. The fourth-order valence-electron chi connectivity index (χ4n) is 10.7. The smallest absolute Gasteiger partial charge is 0.338 e. The lowest BCUT2D eigenvalue weighted by Gasteiger charge is -2.17. The van der Waals surface area contributed by atoms with E-state index in [2.05, 4.69) is 66.4 Å². The number of primary sulfonamides is 1. The van der Waals surface area contributed by atoms with Gasteiger partial charge in [0.15, 0.2) is 11.6 Å². The fourth-order valence-corrected chi connectivity index (χ4v) is 12.7. The van der Waals surface area contributed by atoms with E-state index in [1.54, 1.807) is 54.9 Å². The second-order valence-electron chi connectivity index (χ2n) is 25.3. The van der Waals surface area contributed by atoms with E-state index in [4.69, 9.17) is 52.4 Å². The molecule has 6 aromatic rings. The third-order valence-electron chi connectivity index (χ3n) is 16.5. The van der Waals surface area contributed by atoms with Gasteiger partial charge in [-0.1, -0.05) is 76.9 Å². The summed E-state index contributed by atoms with van der Waals surface area (Å²) in [7, 11) is -7.84. The molecule has 0 radical (unpaired) electrons. The van der Waals surface area contributed by atoms with E-state index in [1.165, 1.54) is 122 Å². The molecule has 2 atom stereocenters. The van der Waals surface area contributed by atoms with Gasteiger partial charge < -0.3 is 24.1 Å². The zero-order valence-corrected chi connectivity index (χ0v) is 52.5. The average molecular weight is 1250 g/mol. The number of hydrogen-bond acceptors (Lipinski definition) is 14. The first-order valence-corrected chi connectivity index (χ1v) is 32.9. The highest BCUT2D eigenvalue weighted by molar-refractivity contribution is 7.90. The number of rotatable bonds is 25. The Hall–Kier alpha value is -6.26. The Morgan fingerprint density at radius 3 is 1.47 bits per heavy atom. The number of nitrogens with zero attached hydrogens (tertiary/aromatic N) is 6. The number of benzene rings is 2. The predicted molar refractivity (Wildman–Crippen MR) is 325 cm³/mol. The van der Waals surface area contributed by atoms with Crippen LogP contribution in [0.5, 0.6) is 23.3 Å². The van der Waals surface area contributed by atoms with Crippen LogP contribution in [0.2, 0.25) is 10.3 Å². The van der Waals surface area contributed by atoms with Crippen LogP contribution in [-0.2, 0) is 20.0 Å². The number of aromatic nitrogens is 6. The first kappa shape index (κ1) is 64.7. The number of carboxylic acids is 1. The Bertz CT molecular complexity index is 3510. The molecule has 0 aliphatic heterocycles. The van der Waals surface area contributed by atoms with Gasteiger partial charge in [-0.15, -0.1) is 10.2 Å². The molecule has 10 rings (SSSR count). The Kier molecular flexibility index (Phi) is 21.0. The lowest BCUT2D eigenvalue weighted by molar-refractivity contribution is 0.0696. The fraction of sp³-hybridized carbons (Fsp3) is 0.516. The number of aromatic carboxylic acids is 1. The van der Waals surface area contributed by atoms with Crippen LogP contribution in [0.4, 0.5) is 0 Å². The molecular weight excluding hydrogens is 1170 g/mol. The molecule has 4 aliphatic carbocycles. The maximum Gasteiger partial charge on any atom is 0.338 e. The van der Waals surface area contributed by atoms with Gasteiger partial charge in [0.05, 0.1) is 47.3 Å². The topological polar surface area (TPSA) is 259 Å². The Morgan fingerprint density at radius 1 is 0.612 bits per heavy atom. The number of hydrogen-bond donors (Lipinski definition) is 3. The summed E-state index contributed by atoms with van der Waals surface area (Å²) in [5, 5.41) is 22.4. The Morgan fingerprint density at radius 2 is 1.06 bits per heavy atom. The molecule has 0 spiro atoms. The van der Waals surface area contributed by atoms with Crippen LogP contribution in [-0.4, -0.2) is 89.8 Å². The Balaban J connectivity index is 0.000000183. The second kappa shape index (κ2) is 27.6. The maximum atomic E-state index is 13.0. The van der Waals surface area contributed by atoms with Gasteiger partial charge in [-0.05, 0) is 185 Å². The van der Waals surface area contributed by atoms with Gasteiger partial charge in [0.2, 0.25) is 21.8 Å². The number of amides is 1. The maximum absolute atomic E-state index is 13.0. The number of nitrogens with two attached hydrogens (primary N) is 1. The molecule has 4 aliphatic rings. The summed E-state index contributed by atoms with van der Waals surface area (Å²) in [6.07, 6.45) is 22.2. The van der Waals surface area contributed by atoms with Gasteiger partial charge in [-0.3, -0.25) is 4.79 Å². The van der Waals surface area contributed by atoms with Crippen molar-refractivity contribution in [1.82, 2.24) is 34.3 Å². The molecule has 0 saturated heterocycles. The molecule has 23 heteroatoms. The predicted octanol–water partition coefficient (Wildman–Crippen LogP) is 13.1. The standard InChI is InChI=1S/C31H39ClN4O5S.C16H25NO3S.C15H16ClN3O3/c1-30(2)13-11-22(21-30)6-5-18-40-23-7-4-8-24(20-23)42(38,39)35-29(37)25-9-10-26(33-28(25)32)36-17-12-27(34-36)41-19-16-31(3)14-15-31;1-16(2)9-8-13(12-16)5-4-10-20-14-6-3-7-15(11-14)21(17,18)19;1-15(5-6-15)7-9-22-12-4-8-19(18-12)11-3-2-10(14(20)21)13(16)17-11/h4,7-10,12,17,20,22H,5-6,11,13-16,18-19,21H2,1-3H3,(H,35,37);3,6-7,11,13H,4-5,8-10,12H2,1-2H3,(H2,17,18,19);2-4,8H,5-7,9H2,1H3,(H,20,21). The van der Waals surface area contributed by atoms with E-state index in [1.807, 2.05) is 0 Å². The Labute approximate surface area is 509 Å². The normalized spacial score (nSPS) is 18.6. The van der Waals surface area contributed by atoms with Crippen LogP contribution < -0.4 is 28.8 Å². The molecule has 85 heavy (non-hydrogen) atoms. The van der Waals surface area contributed by atoms with E-state index in [0.717, 1.165) is 43.9 Å². The number of pyridine rings is 2. The number of carbonyl (C=O) groups is 2. The largest absolute Gasteiger partial charge is 0.494 e. The second-order valence-corrected chi connectivity index (χ2v) is 29.3. The van der Waals surface area contributed by atoms with Crippen LogP contribution in [0.15, 0.2) is 107 Å². The van der Waals surface area contributed by atoms with Crippen LogP contribution in [0.25, 0.3) is 11.6 Å². The molecule has 4 fully saturated rings. The van der Waals surface area contributed by atoms with Gasteiger partial charge in [-0.2, -0.15) is 0 Å². The van der Waals surface area contributed by atoms with E-state index in [9.17, 15) is 26.4 Å². The molecule has 19 nitrogen and oxygen atoms in total. The van der Waals surface area contributed by atoms with Crippen molar-refractivity contribution < 1.29 is 50.5 Å². The molecule has 1 amide bonds. The minimum absolute atomic E-state index is 0.0354. The number of halogens is 2. The van der Waals surface area contributed by atoms with Crippen molar-refractivity contribution in [3.8, 4) is 34.9 Å². The SMILES string of the molecule is CC1(C)CCC(CCCOc2cccc(S(=O)(=O)NC(=O)c3ccc(-n4ccc(OCCC5(C)CC5)n4)nc3Cl)c2)C1.CC1(C)CCC(CCCOc2cccc(S(N)(=O)=O)c2)C1.CC1(CCOc2ccn(-c3ccc(C(=O)O)c(Cl)n3)n2)CC1. The van der Waals surface area contributed by atoms with Crippen molar-refractivity contribution in [3.63, 3.8) is 0 Å². The molecule has 4 N–H and O–H groups in total. The van der Waals surface area contributed by atoms with Crippen molar-refractivity contribution in [2.45, 2.75) is 154 Å². The van der Waals surface area contributed by atoms with Gasteiger partial charge in [0, 0.05) is 36.7 Å². The number of carbonyl (C=O) groups excluding carboxylic acids is 1. The molecule has 4 aromatic heterocycles. The van der Waals surface area contributed by atoms with E-state index < -0.39 is 31.9 Å². The van der Waals surface area contributed by atoms with Gasteiger partial charge in [-0.25, -0.2) is 50.8 Å². The summed E-state index contributed by atoms with van der Waals surface area (Å²) in [6, 6.07) is 21.9. The average Bonchev–Trinajstić information content (AvgIpc) is 3.39. The van der Waals surface area contributed by atoms with Crippen LogP contribution >= 0.6 is 23.2 Å². The van der Waals surface area contributed by atoms with Crippen molar-refractivity contribution in [2.24, 2.45) is 38.6 Å². The highest BCUT2D eigenvalue weighted by atomic mass is 35.5. The first-order chi connectivity index (χ1) is 40.1. The van der Waals surface area contributed by atoms with Crippen LogP contribution in [0.3, 0.4) is 0 Å². The number of nitrogens with one attached hydrogen (secondary N) is 1. The number of ether oxygens (including phenoxy) is 4. The third kappa shape index (κ3) is 19.6. The number of carboxylic acid groups (broad SMARTS) is 1. The molecule has 4 heterocycles. The van der Waals surface area contributed by atoms with Crippen molar-refractivity contribution in [2.75, 3.05) is 26.4 Å². The van der Waals surface area contributed by atoms with Gasteiger partial charge in [0.1, 0.15) is 21.8 Å². The summed E-state index contributed by atoms with van der Waals surface area (Å²) in [5.74, 6) is 2.32. The van der Waals surface area contributed by atoms with Crippen molar-refractivity contribution in [1.29, 1.82) is 0 Å². The summed E-state index contributed by atoms with van der Waals surface area (Å²) in [5.41, 5.74) is 1.65. The zero-order valence-electron chi connectivity index (χ0n) is 49.4.